The van der Waals surface area contributed by atoms with Crippen molar-refractivity contribution in [2.45, 2.75) is 31.3 Å². The molecule has 2 aromatic rings. The summed E-state index contributed by atoms with van der Waals surface area (Å²) in [6.45, 7) is 2.73. The van der Waals surface area contributed by atoms with Crippen molar-refractivity contribution in [1.82, 2.24) is 9.80 Å². The number of amides is 2. The molecule has 0 unspecified atom stereocenters. The molecular formula is C28H37N3O5. The molecule has 0 bridgehead atoms. The molecule has 2 saturated heterocycles. The quantitative estimate of drug-likeness (QED) is 0.532. The van der Waals surface area contributed by atoms with Crippen LogP contribution < -0.4 is 14.4 Å². The van der Waals surface area contributed by atoms with Gasteiger partial charge in [-0.1, -0.05) is 24.3 Å². The SMILES string of the molecule is CN(C)c1cccc(OCC(=O)N2CCO[C@@](COc3ccccc3)(CC(=O)N3CCCCC3)C2)c1. The molecule has 0 aromatic heterocycles. The van der Waals surface area contributed by atoms with Crippen molar-refractivity contribution >= 4 is 17.5 Å². The van der Waals surface area contributed by atoms with Crippen LogP contribution in [0.1, 0.15) is 25.7 Å². The Hall–Kier alpha value is -3.26. The molecule has 0 aliphatic carbocycles. The van der Waals surface area contributed by atoms with Gasteiger partial charge in [-0.25, -0.2) is 0 Å². The fraction of sp³-hybridized carbons (Fsp3) is 0.500. The minimum atomic E-state index is -0.914. The molecule has 0 spiro atoms. The predicted molar refractivity (Wildman–Crippen MR) is 139 cm³/mol. The fourth-order valence-electron chi connectivity index (χ4n) is 4.65. The number of nitrogens with zero attached hydrogens (tertiary/aromatic N) is 3. The number of anilines is 1. The Bertz CT molecular complexity index is 1010. The largest absolute Gasteiger partial charge is 0.490 e. The highest BCUT2D eigenvalue weighted by atomic mass is 16.5. The lowest BCUT2D eigenvalue weighted by Crippen LogP contribution is -2.59. The Labute approximate surface area is 213 Å². The maximum absolute atomic E-state index is 13.2. The third kappa shape index (κ3) is 6.91. The zero-order valence-corrected chi connectivity index (χ0v) is 21.4. The van der Waals surface area contributed by atoms with Crippen LogP contribution in [0.25, 0.3) is 0 Å². The van der Waals surface area contributed by atoms with Crippen LogP contribution >= 0.6 is 0 Å². The number of hydrogen-bond acceptors (Lipinski definition) is 6. The highest BCUT2D eigenvalue weighted by Gasteiger charge is 2.42. The van der Waals surface area contributed by atoms with E-state index in [-0.39, 0.29) is 38.0 Å². The average molecular weight is 496 g/mol. The molecule has 2 aliphatic rings. The highest BCUT2D eigenvalue weighted by molar-refractivity contribution is 5.79. The van der Waals surface area contributed by atoms with Gasteiger partial charge in [0.15, 0.2) is 6.61 Å². The normalized spacial score (nSPS) is 20.1. The summed E-state index contributed by atoms with van der Waals surface area (Å²) in [5, 5.41) is 0. The summed E-state index contributed by atoms with van der Waals surface area (Å²) >= 11 is 0. The van der Waals surface area contributed by atoms with Crippen LogP contribution in [-0.2, 0) is 14.3 Å². The number of hydrogen-bond donors (Lipinski definition) is 0. The van der Waals surface area contributed by atoms with Gasteiger partial charge in [0, 0.05) is 45.5 Å². The van der Waals surface area contributed by atoms with E-state index in [0.717, 1.165) is 38.0 Å². The molecule has 2 amide bonds. The molecule has 194 valence electrons. The van der Waals surface area contributed by atoms with Crippen LogP contribution in [0.5, 0.6) is 11.5 Å². The van der Waals surface area contributed by atoms with Crippen molar-refractivity contribution in [3.8, 4) is 11.5 Å². The van der Waals surface area contributed by atoms with E-state index < -0.39 is 5.60 Å². The standard InChI is InChI=1S/C28H37N3O5/c1-29(2)23-10-9-13-25(18-23)34-20-27(33)31-16-17-36-28(21-31,22-35-24-11-5-3-6-12-24)19-26(32)30-14-7-4-8-15-30/h3,5-6,9-13,18H,4,7-8,14-17,19-22H2,1-2H3/t28-/m0/s1. The van der Waals surface area contributed by atoms with Gasteiger partial charge in [-0.15, -0.1) is 0 Å². The molecule has 0 N–H and O–H groups in total. The fourth-order valence-corrected chi connectivity index (χ4v) is 4.65. The highest BCUT2D eigenvalue weighted by Crippen LogP contribution is 2.27. The van der Waals surface area contributed by atoms with Gasteiger partial charge in [0.25, 0.3) is 5.91 Å². The molecule has 8 heteroatoms. The predicted octanol–water partition coefficient (Wildman–Crippen LogP) is 3.21. The average Bonchev–Trinajstić information content (AvgIpc) is 2.92. The second kappa shape index (κ2) is 12.1. The summed E-state index contributed by atoms with van der Waals surface area (Å²) in [4.78, 5) is 32.0. The van der Waals surface area contributed by atoms with Crippen LogP contribution in [-0.4, -0.2) is 87.3 Å². The van der Waals surface area contributed by atoms with Gasteiger partial charge in [0.05, 0.1) is 19.6 Å². The molecule has 0 saturated carbocycles. The minimum Gasteiger partial charge on any atom is -0.490 e. The number of carbonyl (C=O) groups excluding carboxylic acids is 2. The van der Waals surface area contributed by atoms with Crippen LogP contribution in [0.2, 0.25) is 0 Å². The molecule has 2 heterocycles. The lowest BCUT2D eigenvalue weighted by Gasteiger charge is -2.43. The van der Waals surface area contributed by atoms with Gasteiger partial charge >= 0.3 is 0 Å². The van der Waals surface area contributed by atoms with E-state index in [9.17, 15) is 9.59 Å². The summed E-state index contributed by atoms with van der Waals surface area (Å²) in [5.74, 6) is 1.26. The number of para-hydroxylation sites is 1. The molecule has 36 heavy (non-hydrogen) atoms. The van der Waals surface area contributed by atoms with Crippen molar-refractivity contribution < 1.29 is 23.8 Å². The molecule has 4 rings (SSSR count). The number of carbonyl (C=O) groups is 2. The maximum atomic E-state index is 13.2. The number of ether oxygens (including phenoxy) is 3. The van der Waals surface area contributed by atoms with Crippen molar-refractivity contribution in [2.24, 2.45) is 0 Å². The second-order valence-electron chi connectivity index (χ2n) is 9.75. The Morgan fingerprint density at radius 1 is 0.889 bits per heavy atom. The Kier molecular flexibility index (Phi) is 8.70. The third-order valence-corrected chi connectivity index (χ3v) is 6.72. The maximum Gasteiger partial charge on any atom is 0.260 e. The van der Waals surface area contributed by atoms with Gasteiger partial charge in [0.1, 0.15) is 23.7 Å². The zero-order valence-electron chi connectivity index (χ0n) is 21.4. The van der Waals surface area contributed by atoms with Gasteiger partial charge in [-0.05, 0) is 43.5 Å². The molecule has 2 aliphatic heterocycles. The summed E-state index contributed by atoms with van der Waals surface area (Å²) in [6.07, 6.45) is 3.38. The first-order valence-corrected chi connectivity index (χ1v) is 12.7. The molecule has 8 nitrogen and oxygen atoms in total. The monoisotopic (exact) mass is 495 g/mol. The van der Waals surface area contributed by atoms with E-state index in [1.807, 2.05) is 78.5 Å². The molecular weight excluding hydrogens is 458 g/mol. The van der Waals surface area contributed by atoms with E-state index in [1.54, 1.807) is 4.90 Å². The lowest BCUT2D eigenvalue weighted by atomic mass is 9.96. The van der Waals surface area contributed by atoms with Crippen molar-refractivity contribution in [2.75, 3.05) is 65.0 Å². The van der Waals surface area contributed by atoms with Gasteiger partial charge in [0.2, 0.25) is 5.91 Å². The van der Waals surface area contributed by atoms with E-state index in [2.05, 4.69) is 0 Å². The van der Waals surface area contributed by atoms with Crippen LogP contribution in [0, 0.1) is 0 Å². The van der Waals surface area contributed by atoms with Crippen molar-refractivity contribution in [1.29, 1.82) is 0 Å². The summed E-state index contributed by atoms with van der Waals surface area (Å²) < 4.78 is 18.1. The number of likely N-dealkylation sites (tertiary alicyclic amines) is 1. The third-order valence-electron chi connectivity index (χ3n) is 6.72. The first kappa shape index (κ1) is 25.8. The van der Waals surface area contributed by atoms with E-state index in [1.165, 1.54) is 0 Å². The summed E-state index contributed by atoms with van der Waals surface area (Å²) in [7, 11) is 3.92. The molecule has 2 aromatic carbocycles. The molecule has 1 atom stereocenters. The van der Waals surface area contributed by atoms with Crippen LogP contribution in [0.4, 0.5) is 5.69 Å². The van der Waals surface area contributed by atoms with Crippen LogP contribution in [0.3, 0.4) is 0 Å². The number of piperidine rings is 1. The van der Waals surface area contributed by atoms with Crippen molar-refractivity contribution in [3.05, 3.63) is 54.6 Å². The minimum absolute atomic E-state index is 0.0532. The summed E-state index contributed by atoms with van der Waals surface area (Å²) in [5.41, 5.74) is 0.0861. The van der Waals surface area contributed by atoms with Gasteiger partial charge in [-0.3, -0.25) is 9.59 Å². The molecule has 0 radical (unpaired) electrons. The first-order valence-electron chi connectivity index (χ1n) is 12.7. The Morgan fingerprint density at radius 3 is 2.39 bits per heavy atom. The Morgan fingerprint density at radius 2 is 1.64 bits per heavy atom. The lowest BCUT2D eigenvalue weighted by molar-refractivity contribution is -0.167. The van der Waals surface area contributed by atoms with E-state index >= 15 is 0 Å². The zero-order chi connectivity index (χ0) is 25.4. The number of benzene rings is 2. The number of rotatable bonds is 9. The molecule has 2 fully saturated rings. The Balaban J connectivity index is 1.43. The number of morpholine rings is 1. The van der Waals surface area contributed by atoms with E-state index in [4.69, 9.17) is 14.2 Å². The first-order chi connectivity index (χ1) is 17.4. The van der Waals surface area contributed by atoms with Gasteiger partial charge < -0.3 is 28.9 Å². The van der Waals surface area contributed by atoms with Crippen LogP contribution in [0.15, 0.2) is 54.6 Å². The van der Waals surface area contributed by atoms with Gasteiger partial charge in [-0.2, -0.15) is 0 Å². The second-order valence-corrected chi connectivity index (χ2v) is 9.75. The summed E-state index contributed by atoms with van der Waals surface area (Å²) in [6, 6.07) is 17.1. The van der Waals surface area contributed by atoms with Crippen molar-refractivity contribution in [3.63, 3.8) is 0 Å². The smallest absolute Gasteiger partial charge is 0.260 e. The topological polar surface area (TPSA) is 71.5 Å². The van der Waals surface area contributed by atoms with E-state index in [0.29, 0.717) is 24.7 Å².